The van der Waals surface area contributed by atoms with Crippen LogP contribution >= 0.6 is 22.6 Å². The quantitative estimate of drug-likeness (QED) is 0.442. The number of nitrogens with zero attached hydrogens (tertiary/aromatic N) is 2. The van der Waals surface area contributed by atoms with Crippen LogP contribution in [0.15, 0.2) is 12.3 Å². The summed E-state index contributed by atoms with van der Waals surface area (Å²) >= 11 is 1.92. The van der Waals surface area contributed by atoms with Crippen LogP contribution in [0, 0.1) is 20.6 Å². The average Bonchev–Trinajstić information content (AvgIpc) is 1.85. The predicted octanol–water partition coefficient (Wildman–Crippen LogP) is 1.90. The minimum atomic E-state index is -0.413. The number of hydrogen-bond donors (Lipinski definition) is 0. The van der Waals surface area contributed by atoms with Crippen LogP contribution in [0.3, 0.4) is 0 Å². The first kappa shape index (κ1) is 8.38. The van der Waals surface area contributed by atoms with Gasteiger partial charge in [-0.05, 0) is 35.6 Å². The van der Waals surface area contributed by atoms with Crippen molar-refractivity contribution >= 4 is 28.3 Å². The molecule has 0 saturated heterocycles. The maximum atomic E-state index is 10.4. The Morgan fingerprint density at radius 1 is 1.73 bits per heavy atom. The summed E-state index contributed by atoms with van der Waals surface area (Å²) in [4.78, 5) is 13.8. The number of aryl methyl sites for hydroxylation is 1. The van der Waals surface area contributed by atoms with E-state index in [-0.39, 0.29) is 5.69 Å². The minimum Gasteiger partial charge on any atom is -0.258 e. The molecule has 0 N–H and O–H groups in total. The van der Waals surface area contributed by atoms with Gasteiger partial charge in [-0.2, -0.15) is 0 Å². The second-order valence-corrected chi connectivity index (χ2v) is 3.15. The number of pyridine rings is 1. The van der Waals surface area contributed by atoms with E-state index >= 15 is 0 Å². The second kappa shape index (κ2) is 3.12. The zero-order valence-corrected chi connectivity index (χ0v) is 7.90. The largest absolute Gasteiger partial charge is 0.303 e. The van der Waals surface area contributed by atoms with Crippen molar-refractivity contribution in [3.05, 3.63) is 31.6 Å². The zero-order chi connectivity index (χ0) is 8.43. The Kier molecular flexibility index (Phi) is 2.38. The Bertz CT molecular complexity index is 280. The summed E-state index contributed by atoms with van der Waals surface area (Å²) in [6.07, 6.45) is 1.56. The molecule has 1 rings (SSSR count). The molecule has 0 fully saturated rings. The van der Waals surface area contributed by atoms with E-state index < -0.39 is 4.92 Å². The lowest BCUT2D eigenvalue weighted by Gasteiger charge is -1.96. The van der Waals surface area contributed by atoms with Crippen LogP contribution in [0.2, 0.25) is 0 Å². The van der Waals surface area contributed by atoms with Crippen molar-refractivity contribution in [2.75, 3.05) is 0 Å². The Morgan fingerprint density at radius 2 is 2.36 bits per heavy atom. The maximum absolute atomic E-state index is 10.4. The highest BCUT2D eigenvalue weighted by Gasteiger charge is 2.14. The molecule has 1 aromatic rings. The van der Waals surface area contributed by atoms with Crippen molar-refractivity contribution in [3.63, 3.8) is 0 Å². The van der Waals surface area contributed by atoms with Crippen LogP contribution in [0.25, 0.3) is 0 Å². The van der Waals surface area contributed by atoms with E-state index in [1.54, 1.807) is 19.2 Å². The molecule has 5 heteroatoms. The van der Waals surface area contributed by atoms with Crippen molar-refractivity contribution in [1.29, 1.82) is 0 Å². The van der Waals surface area contributed by atoms with Gasteiger partial charge in [0.15, 0.2) is 0 Å². The first-order chi connectivity index (χ1) is 5.13. The van der Waals surface area contributed by atoms with Crippen molar-refractivity contribution in [2.45, 2.75) is 6.92 Å². The highest BCUT2D eigenvalue weighted by Crippen LogP contribution is 2.21. The Labute approximate surface area is 76.9 Å². The van der Waals surface area contributed by atoms with Crippen LogP contribution in [0.1, 0.15) is 5.69 Å². The first-order valence-electron chi connectivity index (χ1n) is 2.88. The number of hydrogen-bond acceptors (Lipinski definition) is 3. The van der Waals surface area contributed by atoms with Gasteiger partial charge in [-0.25, -0.2) is 0 Å². The van der Waals surface area contributed by atoms with Crippen molar-refractivity contribution in [2.24, 2.45) is 0 Å². The molecule has 1 aromatic heterocycles. The number of aromatic nitrogens is 1. The summed E-state index contributed by atoms with van der Waals surface area (Å²) in [6.45, 7) is 1.63. The van der Waals surface area contributed by atoms with Gasteiger partial charge >= 0.3 is 5.69 Å². The van der Waals surface area contributed by atoms with Gasteiger partial charge in [-0.1, -0.05) is 0 Å². The standard InChI is InChI=1S/C6H5IN2O2/c1-4-6(9(10)11)5(7)2-3-8-4/h2-3H,1H3. The predicted molar refractivity (Wildman–Crippen MR) is 48.3 cm³/mol. The molecule has 11 heavy (non-hydrogen) atoms. The van der Waals surface area contributed by atoms with Crippen LogP contribution in [0.4, 0.5) is 5.69 Å². The lowest BCUT2D eigenvalue weighted by Crippen LogP contribution is -1.96. The normalized spacial score (nSPS) is 9.64. The maximum Gasteiger partial charge on any atom is 0.303 e. The van der Waals surface area contributed by atoms with E-state index in [2.05, 4.69) is 4.98 Å². The van der Waals surface area contributed by atoms with E-state index in [1.807, 2.05) is 22.6 Å². The summed E-state index contributed by atoms with van der Waals surface area (Å²) in [7, 11) is 0. The average molecular weight is 264 g/mol. The Hall–Kier alpha value is -0.720. The first-order valence-corrected chi connectivity index (χ1v) is 3.96. The number of halogens is 1. The van der Waals surface area contributed by atoms with Gasteiger partial charge in [0.25, 0.3) is 0 Å². The molecule has 1 heterocycles. The van der Waals surface area contributed by atoms with Gasteiger partial charge in [-0.3, -0.25) is 15.1 Å². The molecular formula is C6H5IN2O2. The second-order valence-electron chi connectivity index (χ2n) is 1.98. The minimum absolute atomic E-state index is 0.105. The highest BCUT2D eigenvalue weighted by atomic mass is 127. The third-order valence-electron chi connectivity index (χ3n) is 1.24. The van der Waals surface area contributed by atoms with E-state index in [0.29, 0.717) is 9.26 Å². The molecule has 0 saturated carbocycles. The van der Waals surface area contributed by atoms with E-state index in [1.165, 1.54) is 0 Å². The number of nitro groups is 1. The molecule has 0 aliphatic heterocycles. The highest BCUT2D eigenvalue weighted by molar-refractivity contribution is 14.1. The SMILES string of the molecule is Cc1nccc(I)c1[N+](=O)[O-]. The third kappa shape index (κ3) is 1.65. The third-order valence-corrected chi connectivity index (χ3v) is 2.11. The lowest BCUT2D eigenvalue weighted by atomic mass is 10.3. The fourth-order valence-electron chi connectivity index (χ4n) is 0.747. The molecule has 0 aliphatic carbocycles. The topological polar surface area (TPSA) is 56.0 Å². The molecule has 0 amide bonds. The van der Waals surface area contributed by atoms with Crippen molar-refractivity contribution in [1.82, 2.24) is 4.98 Å². The van der Waals surface area contributed by atoms with Gasteiger partial charge in [0.1, 0.15) is 5.69 Å². The lowest BCUT2D eigenvalue weighted by molar-refractivity contribution is -0.386. The van der Waals surface area contributed by atoms with Gasteiger partial charge in [0, 0.05) is 6.20 Å². The van der Waals surface area contributed by atoms with Crippen LogP contribution in [-0.2, 0) is 0 Å². The van der Waals surface area contributed by atoms with Crippen LogP contribution < -0.4 is 0 Å². The zero-order valence-electron chi connectivity index (χ0n) is 5.74. The molecule has 4 nitrogen and oxygen atoms in total. The smallest absolute Gasteiger partial charge is 0.258 e. The van der Waals surface area contributed by atoms with Crippen molar-refractivity contribution in [3.8, 4) is 0 Å². The monoisotopic (exact) mass is 264 g/mol. The van der Waals surface area contributed by atoms with Gasteiger partial charge < -0.3 is 0 Å². The van der Waals surface area contributed by atoms with Gasteiger partial charge in [0.2, 0.25) is 0 Å². The number of rotatable bonds is 1. The molecule has 0 radical (unpaired) electrons. The van der Waals surface area contributed by atoms with Crippen molar-refractivity contribution < 1.29 is 4.92 Å². The van der Waals surface area contributed by atoms with Gasteiger partial charge in [-0.15, -0.1) is 0 Å². The fraction of sp³-hybridized carbons (Fsp3) is 0.167. The molecule has 0 aromatic carbocycles. The van der Waals surface area contributed by atoms with Crippen LogP contribution in [0.5, 0.6) is 0 Å². The summed E-state index contributed by atoms with van der Waals surface area (Å²) in [5.41, 5.74) is 0.565. The molecule has 0 spiro atoms. The van der Waals surface area contributed by atoms with E-state index in [4.69, 9.17) is 0 Å². The summed E-state index contributed by atoms with van der Waals surface area (Å²) in [5, 5.41) is 10.4. The Balaban J connectivity index is 3.32. The summed E-state index contributed by atoms with van der Waals surface area (Å²) in [5.74, 6) is 0. The fourth-order valence-corrected chi connectivity index (χ4v) is 1.49. The van der Waals surface area contributed by atoms with Gasteiger partial charge in [0.05, 0.1) is 8.49 Å². The molecule has 0 bridgehead atoms. The van der Waals surface area contributed by atoms with Crippen LogP contribution in [-0.4, -0.2) is 9.91 Å². The molecule has 58 valence electrons. The summed E-state index contributed by atoms with van der Waals surface area (Å²) in [6, 6.07) is 1.62. The van der Waals surface area contributed by atoms with E-state index in [9.17, 15) is 10.1 Å². The molecule has 0 unspecified atom stereocenters. The molecule has 0 aliphatic rings. The molecule has 0 atom stereocenters. The van der Waals surface area contributed by atoms with E-state index in [0.717, 1.165) is 0 Å². The Morgan fingerprint density at radius 3 is 2.73 bits per heavy atom. The summed E-state index contributed by atoms with van der Waals surface area (Å²) < 4.78 is 0.625. The molecular weight excluding hydrogens is 259 g/mol.